The van der Waals surface area contributed by atoms with Crippen LogP contribution in [0.1, 0.15) is 13.3 Å². The third-order valence-electron chi connectivity index (χ3n) is 1.28. The summed E-state index contributed by atoms with van der Waals surface area (Å²) in [6.45, 7) is 1.67. The minimum absolute atomic E-state index is 0.0729. The molecule has 2 heteroatoms. The molecule has 1 atom stereocenters. The Balaban J connectivity index is 2.30. The first-order valence-corrected chi connectivity index (χ1v) is 2.34. The van der Waals surface area contributed by atoms with Crippen molar-refractivity contribution in [2.45, 2.75) is 19.3 Å². The highest BCUT2D eigenvalue weighted by Crippen LogP contribution is 2.49. The summed E-state index contributed by atoms with van der Waals surface area (Å²) in [6, 6.07) is 0. The van der Waals surface area contributed by atoms with Crippen molar-refractivity contribution in [2.24, 2.45) is 5.92 Å². The molecule has 0 nitrogen and oxygen atoms in total. The van der Waals surface area contributed by atoms with Crippen LogP contribution in [0.25, 0.3) is 0 Å². The number of hydrogen-bond donors (Lipinski definition) is 0. The molecule has 1 aliphatic rings. The lowest BCUT2D eigenvalue weighted by atomic mass is 10.3. The van der Waals surface area contributed by atoms with Crippen LogP contribution in [0.5, 0.6) is 0 Å². The van der Waals surface area contributed by atoms with Crippen LogP contribution in [0, 0.1) is 12.3 Å². The Morgan fingerprint density at radius 2 is 2.14 bits per heavy atom. The summed E-state index contributed by atoms with van der Waals surface area (Å²) in [7, 11) is 0. The average Bonchev–Trinajstić information content (AvgIpc) is 2.13. The van der Waals surface area contributed by atoms with Gasteiger partial charge in [-0.3, -0.25) is 0 Å². The van der Waals surface area contributed by atoms with Gasteiger partial charge in [0.2, 0.25) is 0 Å². The van der Waals surface area contributed by atoms with Crippen LogP contribution in [0.3, 0.4) is 0 Å². The molecule has 1 radical (unpaired) electrons. The molecule has 0 amide bonds. The second kappa shape index (κ2) is 1.17. The van der Waals surface area contributed by atoms with Crippen LogP contribution in [0.15, 0.2) is 0 Å². The molecule has 7 heavy (non-hydrogen) atoms. The van der Waals surface area contributed by atoms with E-state index in [0.29, 0.717) is 0 Å². The normalized spacial score (nSPS) is 35.6. The quantitative estimate of drug-likeness (QED) is 0.477. The monoisotopic (exact) mass is 105 g/mol. The van der Waals surface area contributed by atoms with E-state index in [4.69, 9.17) is 0 Å². The average molecular weight is 105 g/mol. The molecule has 0 N–H and O–H groups in total. The lowest BCUT2D eigenvalue weighted by molar-refractivity contribution is 0.105. The van der Waals surface area contributed by atoms with Gasteiger partial charge in [0, 0.05) is 12.3 Å². The van der Waals surface area contributed by atoms with E-state index < -0.39 is 11.8 Å². The summed E-state index contributed by atoms with van der Waals surface area (Å²) in [4.78, 5) is 0. The summed E-state index contributed by atoms with van der Waals surface area (Å²) < 4.78 is 23.5. The first-order valence-electron chi connectivity index (χ1n) is 2.34. The summed E-state index contributed by atoms with van der Waals surface area (Å²) in [5.74, 6) is -2.75. The lowest BCUT2D eigenvalue weighted by Crippen LogP contribution is -1.90. The summed E-state index contributed by atoms with van der Waals surface area (Å²) in [5.41, 5.74) is 0. The minimum Gasteiger partial charge on any atom is -0.207 e. The maximum absolute atomic E-state index is 11.8. The maximum Gasteiger partial charge on any atom is 0.251 e. The molecule has 0 heterocycles. The molecule has 0 aliphatic heterocycles. The van der Waals surface area contributed by atoms with Crippen LogP contribution in [-0.2, 0) is 0 Å². The molecule has 1 unspecified atom stereocenters. The van der Waals surface area contributed by atoms with Gasteiger partial charge in [-0.1, -0.05) is 6.92 Å². The Morgan fingerprint density at radius 3 is 2.14 bits per heavy atom. The SMILES string of the molecule is C[CH]C1CC1(F)F. The largest absolute Gasteiger partial charge is 0.251 e. The topological polar surface area (TPSA) is 0 Å². The van der Waals surface area contributed by atoms with Crippen molar-refractivity contribution in [3.05, 3.63) is 6.42 Å². The van der Waals surface area contributed by atoms with Gasteiger partial charge in [-0.15, -0.1) is 0 Å². The Kier molecular flexibility index (Phi) is 0.839. The van der Waals surface area contributed by atoms with Crippen molar-refractivity contribution >= 4 is 0 Å². The first kappa shape index (κ1) is 5.01. The van der Waals surface area contributed by atoms with Gasteiger partial charge in [0.1, 0.15) is 0 Å². The standard InChI is InChI=1S/C5H7F2/c1-2-4-3-5(4,6)7/h2,4H,3H2,1H3. The Hall–Kier alpha value is -0.140. The Bertz CT molecular complexity index is 78.1. The molecular formula is C5H7F2. The molecule has 0 aromatic carbocycles. The highest BCUT2D eigenvalue weighted by molar-refractivity contribution is 5.01. The highest BCUT2D eigenvalue weighted by atomic mass is 19.3. The van der Waals surface area contributed by atoms with Crippen LogP contribution >= 0.6 is 0 Å². The van der Waals surface area contributed by atoms with E-state index in [1.54, 1.807) is 13.3 Å². The van der Waals surface area contributed by atoms with Gasteiger partial charge < -0.3 is 0 Å². The Labute approximate surface area is 41.5 Å². The van der Waals surface area contributed by atoms with Gasteiger partial charge in [0.25, 0.3) is 5.92 Å². The summed E-state index contributed by atoms with van der Waals surface area (Å²) in [6.07, 6.45) is 1.63. The van der Waals surface area contributed by atoms with Crippen molar-refractivity contribution in [3.63, 3.8) is 0 Å². The second-order valence-electron chi connectivity index (χ2n) is 1.90. The molecule has 1 rings (SSSR count). The first-order chi connectivity index (χ1) is 3.17. The number of rotatable bonds is 1. The van der Waals surface area contributed by atoms with Gasteiger partial charge in [-0.2, -0.15) is 0 Å². The molecular weight excluding hydrogens is 98.1 g/mol. The highest BCUT2D eigenvalue weighted by Gasteiger charge is 2.55. The van der Waals surface area contributed by atoms with Crippen LogP contribution in [0.2, 0.25) is 0 Å². The molecule has 0 aromatic heterocycles. The van der Waals surface area contributed by atoms with E-state index >= 15 is 0 Å². The molecule has 1 aliphatic carbocycles. The van der Waals surface area contributed by atoms with E-state index in [2.05, 4.69) is 0 Å². The molecule has 0 saturated heterocycles. The van der Waals surface area contributed by atoms with Gasteiger partial charge in [0.05, 0.1) is 0 Å². The molecule has 0 spiro atoms. The maximum atomic E-state index is 11.8. The molecule has 1 saturated carbocycles. The van der Waals surface area contributed by atoms with E-state index in [-0.39, 0.29) is 6.42 Å². The summed E-state index contributed by atoms with van der Waals surface area (Å²) in [5, 5.41) is 0. The fourth-order valence-electron chi connectivity index (χ4n) is 0.596. The second-order valence-corrected chi connectivity index (χ2v) is 1.90. The minimum atomic E-state index is -2.34. The van der Waals surface area contributed by atoms with E-state index in [1.165, 1.54) is 0 Å². The van der Waals surface area contributed by atoms with Gasteiger partial charge in [-0.25, -0.2) is 8.78 Å². The fraction of sp³-hybridized carbons (Fsp3) is 0.800. The molecule has 0 bridgehead atoms. The van der Waals surface area contributed by atoms with E-state index in [0.717, 1.165) is 0 Å². The zero-order valence-corrected chi connectivity index (χ0v) is 4.12. The zero-order chi connectivity index (χ0) is 5.49. The Morgan fingerprint density at radius 1 is 1.71 bits per heavy atom. The lowest BCUT2D eigenvalue weighted by Gasteiger charge is -1.86. The third kappa shape index (κ3) is 0.740. The smallest absolute Gasteiger partial charge is 0.207 e. The molecule has 41 valence electrons. The van der Waals surface area contributed by atoms with Gasteiger partial charge >= 0.3 is 0 Å². The zero-order valence-electron chi connectivity index (χ0n) is 4.12. The van der Waals surface area contributed by atoms with E-state index in [1.807, 2.05) is 0 Å². The predicted octanol–water partition coefficient (Wildman–Crippen LogP) is 1.87. The fourth-order valence-corrected chi connectivity index (χ4v) is 0.596. The third-order valence-corrected chi connectivity index (χ3v) is 1.28. The van der Waals surface area contributed by atoms with Crippen molar-refractivity contribution in [2.75, 3.05) is 0 Å². The van der Waals surface area contributed by atoms with Gasteiger partial charge in [0.15, 0.2) is 0 Å². The molecule has 0 aromatic rings. The van der Waals surface area contributed by atoms with E-state index in [9.17, 15) is 8.78 Å². The van der Waals surface area contributed by atoms with Crippen LogP contribution in [-0.4, -0.2) is 5.92 Å². The van der Waals surface area contributed by atoms with Crippen molar-refractivity contribution in [3.8, 4) is 0 Å². The van der Waals surface area contributed by atoms with Crippen molar-refractivity contribution in [1.82, 2.24) is 0 Å². The predicted molar refractivity (Wildman–Crippen MR) is 23.0 cm³/mol. The van der Waals surface area contributed by atoms with Crippen molar-refractivity contribution < 1.29 is 8.78 Å². The number of alkyl halides is 2. The van der Waals surface area contributed by atoms with Gasteiger partial charge in [-0.05, 0) is 6.42 Å². The summed E-state index contributed by atoms with van der Waals surface area (Å²) >= 11 is 0. The number of hydrogen-bond acceptors (Lipinski definition) is 0. The van der Waals surface area contributed by atoms with Crippen molar-refractivity contribution in [1.29, 1.82) is 0 Å². The van der Waals surface area contributed by atoms with Crippen LogP contribution in [0.4, 0.5) is 8.78 Å². The molecule has 1 fully saturated rings. The van der Waals surface area contributed by atoms with Crippen LogP contribution < -0.4 is 0 Å². The number of halogens is 2.